The Morgan fingerprint density at radius 1 is 1.12 bits per heavy atom. The lowest BCUT2D eigenvalue weighted by molar-refractivity contribution is -0.116. The van der Waals surface area contributed by atoms with E-state index in [1.807, 2.05) is 60.0 Å². The quantitative estimate of drug-likeness (QED) is 0.706. The van der Waals surface area contributed by atoms with Crippen molar-refractivity contribution in [2.75, 3.05) is 12.4 Å². The Morgan fingerprint density at radius 3 is 2.77 bits per heavy atom. The van der Waals surface area contributed by atoms with Gasteiger partial charge in [0.2, 0.25) is 5.91 Å². The van der Waals surface area contributed by atoms with Crippen LogP contribution in [-0.2, 0) is 11.4 Å². The maximum absolute atomic E-state index is 12.0. The second kappa shape index (κ2) is 7.22. The van der Waals surface area contributed by atoms with Gasteiger partial charge in [-0.15, -0.1) is 11.3 Å². The third-order valence-corrected chi connectivity index (χ3v) is 5.53. The molecule has 132 valence electrons. The van der Waals surface area contributed by atoms with Gasteiger partial charge in [-0.25, -0.2) is 0 Å². The van der Waals surface area contributed by atoms with Crippen LogP contribution in [0.4, 0.5) is 5.69 Å². The molecule has 1 atom stereocenters. The summed E-state index contributed by atoms with van der Waals surface area (Å²) in [5.41, 5.74) is 3.08. The number of anilines is 1. The van der Waals surface area contributed by atoms with Crippen LogP contribution in [0.15, 0.2) is 60.0 Å². The molecule has 5 heteroatoms. The van der Waals surface area contributed by atoms with Gasteiger partial charge in [-0.3, -0.25) is 4.79 Å². The summed E-state index contributed by atoms with van der Waals surface area (Å²) in [5.74, 6) is 1.48. The molecular formula is C21H19NO3S. The van der Waals surface area contributed by atoms with Crippen molar-refractivity contribution in [3.8, 4) is 11.5 Å². The first-order valence-electron chi connectivity index (χ1n) is 8.46. The Balaban J connectivity index is 1.59. The molecule has 1 aliphatic rings. The van der Waals surface area contributed by atoms with Crippen LogP contribution in [0.2, 0.25) is 0 Å². The second-order valence-corrected chi connectivity index (χ2v) is 7.14. The fourth-order valence-corrected chi connectivity index (χ4v) is 4.18. The highest BCUT2D eigenvalue weighted by Crippen LogP contribution is 2.42. The van der Waals surface area contributed by atoms with Gasteiger partial charge in [0.15, 0.2) is 11.5 Å². The van der Waals surface area contributed by atoms with E-state index in [0.29, 0.717) is 24.5 Å². The molecular weight excluding hydrogens is 346 g/mol. The van der Waals surface area contributed by atoms with Crippen LogP contribution in [-0.4, -0.2) is 13.0 Å². The maximum atomic E-state index is 12.0. The molecule has 0 spiro atoms. The van der Waals surface area contributed by atoms with Crippen molar-refractivity contribution in [2.24, 2.45) is 0 Å². The zero-order valence-electron chi connectivity index (χ0n) is 14.4. The van der Waals surface area contributed by atoms with Gasteiger partial charge in [-0.2, -0.15) is 0 Å². The number of carbonyl (C=O) groups excluding carboxylic acids is 1. The molecule has 2 heterocycles. The van der Waals surface area contributed by atoms with Crippen molar-refractivity contribution >= 4 is 22.9 Å². The third-order valence-electron chi connectivity index (χ3n) is 4.50. The lowest BCUT2D eigenvalue weighted by Crippen LogP contribution is -2.21. The third kappa shape index (κ3) is 3.30. The van der Waals surface area contributed by atoms with Gasteiger partial charge in [0.1, 0.15) is 6.61 Å². The van der Waals surface area contributed by atoms with Crippen molar-refractivity contribution in [1.82, 2.24) is 0 Å². The number of thiophene rings is 1. The van der Waals surface area contributed by atoms with E-state index in [-0.39, 0.29) is 11.8 Å². The average molecular weight is 365 g/mol. The van der Waals surface area contributed by atoms with Gasteiger partial charge in [0.25, 0.3) is 0 Å². The summed E-state index contributed by atoms with van der Waals surface area (Å²) in [6, 6.07) is 17.9. The van der Waals surface area contributed by atoms with Crippen LogP contribution in [0.3, 0.4) is 0 Å². The number of methoxy groups -OCH3 is 1. The van der Waals surface area contributed by atoms with Crippen LogP contribution in [0, 0.1) is 0 Å². The number of ether oxygens (including phenoxy) is 2. The van der Waals surface area contributed by atoms with Crippen molar-refractivity contribution < 1.29 is 14.3 Å². The molecule has 4 rings (SSSR count). The number of nitrogens with one attached hydrogen (secondary N) is 1. The summed E-state index contributed by atoms with van der Waals surface area (Å²) >= 11 is 1.67. The van der Waals surface area contributed by atoms with Crippen molar-refractivity contribution in [1.29, 1.82) is 0 Å². The molecule has 1 N–H and O–H groups in total. The summed E-state index contributed by atoms with van der Waals surface area (Å²) in [7, 11) is 1.64. The van der Waals surface area contributed by atoms with E-state index >= 15 is 0 Å². The van der Waals surface area contributed by atoms with Gasteiger partial charge < -0.3 is 14.8 Å². The van der Waals surface area contributed by atoms with Crippen LogP contribution in [0.1, 0.15) is 28.3 Å². The second-order valence-electron chi connectivity index (χ2n) is 6.19. The number of fused-ring (bicyclic) bond motifs is 1. The van der Waals surface area contributed by atoms with Gasteiger partial charge in [-0.1, -0.05) is 36.4 Å². The molecule has 1 unspecified atom stereocenters. The Labute approximate surface area is 156 Å². The lowest BCUT2D eigenvalue weighted by Gasteiger charge is -2.23. The highest BCUT2D eigenvalue weighted by Gasteiger charge is 2.28. The van der Waals surface area contributed by atoms with Crippen molar-refractivity contribution in [3.63, 3.8) is 0 Å². The van der Waals surface area contributed by atoms with E-state index in [1.54, 1.807) is 18.4 Å². The van der Waals surface area contributed by atoms with Crippen LogP contribution >= 0.6 is 11.3 Å². The summed E-state index contributed by atoms with van der Waals surface area (Å²) < 4.78 is 11.5. The Hall–Kier alpha value is -2.79. The van der Waals surface area contributed by atoms with Crippen LogP contribution in [0.25, 0.3) is 0 Å². The van der Waals surface area contributed by atoms with E-state index in [9.17, 15) is 4.79 Å². The fourth-order valence-electron chi connectivity index (χ4n) is 3.20. The molecule has 2 aromatic carbocycles. The molecule has 0 radical (unpaired) electrons. The van der Waals surface area contributed by atoms with E-state index in [4.69, 9.17) is 9.47 Å². The van der Waals surface area contributed by atoms with Gasteiger partial charge in [0, 0.05) is 17.2 Å². The maximum Gasteiger partial charge on any atom is 0.225 e. The predicted octanol–water partition coefficient (Wildman–Crippen LogP) is 4.81. The minimum absolute atomic E-state index is 0.0456. The van der Waals surface area contributed by atoms with Crippen molar-refractivity contribution in [3.05, 3.63) is 76.0 Å². The molecule has 0 bridgehead atoms. The number of amides is 1. The summed E-state index contributed by atoms with van der Waals surface area (Å²) in [6.07, 6.45) is 0.445. The average Bonchev–Trinajstić information content (AvgIpc) is 3.14. The molecule has 1 aliphatic heterocycles. The largest absolute Gasteiger partial charge is 0.493 e. The standard InChI is InChI=1S/C21H19NO3S/c1-24-19-11-15(16-12-20(23)22-17-9-10-26-21(16)17)7-8-18(19)25-13-14-5-3-2-4-6-14/h2-11,16H,12-13H2,1H3,(H,22,23). The summed E-state index contributed by atoms with van der Waals surface area (Å²) in [6.45, 7) is 0.484. The highest BCUT2D eigenvalue weighted by atomic mass is 32.1. The molecule has 26 heavy (non-hydrogen) atoms. The zero-order valence-corrected chi connectivity index (χ0v) is 15.2. The van der Waals surface area contributed by atoms with Gasteiger partial charge in [0.05, 0.1) is 12.8 Å². The molecule has 1 aromatic heterocycles. The van der Waals surface area contributed by atoms with E-state index in [2.05, 4.69) is 5.32 Å². The molecule has 0 aliphatic carbocycles. The fraction of sp³-hybridized carbons (Fsp3) is 0.190. The van der Waals surface area contributed by atoms with E-state index < -0.39 is 0 Å². The zero-order chi connectivity index (χ0) is 17.9. The molecule has 0 saturated heterocycles. The van der Waals surface area contributed by atoms with Gasteiger partial charge >= 0.3 is 0 Å². The number of carbonyl (C=O) groups is 1. The molecule has 3 aromatic rings. The van der Waals surface area contributed by atoms with E-state index in [1.165, 1.54) is 4.88 Å². The SMILES string of the molecule is COc1cc(C2CC(=O)Nc3ccsc32)ccc1OCc1ccccc1. The number of hydrogen-bond acceptors (Lipinski definition) is 4. The Kier molecular flexibility index (Phi) is 4.63. The van der Waals surface area contributed by atoms with Crippen molar-refractivity contribution in [2.45, 2.75) is 18.9 Å². The topological polar surface area (TPSA) is 47.6 Å². The Morgan fingerprint density at radius 2 is 1.96 bits per heavy atom. The number of benzene rings is 2. The molecule has 4 nitrogen and oxygen atoms in total. The smallest absolute Gasteiger partial charge is 0.225 e. The first kappa shape index (κ1) is 16.7. The van der Waals surface area contributed by atoms with Crippen LogP contribution < -0.4 is 14.8 Å². The predicted molar refractivity (Wildman–Crippen MR) is 103 cm³/mol. The molecule has 0 fully saturated rings. The monoisotopic (exact) mass is 365 g/mol. The summed E-state index contributed by atoms with van der Waals surface area (Å²) in [4.78, 5) is 13.2. The highest BCUT2D eigenvalue weighted by molar-refractivity contribution is 7.10. The van der Waals surface area contributed by atoms with Gasteiger partial charge in [-0.05, 0) is 34.7 Å². The lowest BCUT2D eigenvalue weighted by atomic mass is 9.90. The number of rotatable bonds is 5. The van der Waals surface area contributed by atoms with E-state index in [0.717, 1.165) is 16.8 Å². The molecule has 0 saturated carbocycles. The first-order chi connectivity index (χ1) is 12.7. The molecule has 1 amide bonds. The minimum Gasteiger partial charge on any atom is -0.493 e. The minimum atomic E-state index is 0.0456. The van der Waals surface area contributed by atoms with Crippen LogP contribution in [0.5, 0.6) is 11.5 Å². The Bertz CT molecular complexity index is 920. The summed E-state index contributed by atoms with van der Waals surface area (Å²) in [5, 5.41) is 4.95. The number of hydrogen-bond donors (Lipinski definition) is 1. The first-order valence-corrected chi connectivity index (χ1v) is 9.34. The normalized spacial score (nSPS) is 15.9.